The number of anilines is 3. The molecule has 2 aromatic carbocycles. The number of amides is 1. The van der Waals surface area contributed by atoms with Crippen LogP contribution in [0.3, 0.4) is 0 Å². The Balaban J connectivity index is 1.72. The minimum Gasteiger partial charge on any atom is -0.495 e. The van der Waals surface area contributed by atoms with Gasteiger partial charge in [0, 0.05) is 18.1 Å². The van der Waals surface area contributed by atoms with Crippen LogP contribution in [0.15, 0.2) is 48.8 Å². The lowest BCUT2D eigenvalue weighted by molar-refractivity contribution is 0.102. The van der Waals surface area contributed by atoms with E-state index in [2.05, 4.69) is 20.6 Å². The fraction of sp³-hybridized carbons (Fsp3) is 0.105. The van der Waals surface area contributed by atoms with E-state index in [9.17, 15) is 9.18 Å². The molecule has 2 N–H and O–H groups in total. The second-order valence-electron chi connectivity index (χ2n) is 5.71. The summed E-state index contributed by atoms with van der Waals surface area (Å²) in [7, 11) is 1.58. The second-order valence-corrected chi connectivity index (χ2v) is 6.11. The SMILES string of the molecule is COc1ccc(C)cc1Nc1ncc(C(=O)Nc2ccc(F)c(Cl)c2)cn1. The van der Waals surface area contributed by atoms with Crippen molar-refractivity contribution in [3.63, 3.8) is 0 Å². The Morgan fingerprint density at radius 2 is 1.89 bits per heavy atom. The molecule has 1 aromatic heterocycles. The number of carbonyl (C=O) groups is 1. The highest BCUT2D eigenvalue weighted by molar-refractivity contribution is 6.31. The standard InChI is InChI=1S/C19H16ClFN4O2/c1-11-3-6-17(27-2)16(7-11)25-19-22-9-12(10-23-19)18(26)24-13-4-5-15(21)14(20)8-13/h3-10H,1-2H3,(H,24,26)(H,22,23,25). The number of ether oxygens (including phenoxy) is 1. The number of nitrogens with zero attached hydrogens (tertiary/aromatic N) is 2. The molecule has 0 spiro atoms. The van der Waals surface area contributed by atoms with Gasteiger partial charge in [-0.2, -0.15) is 0 Å². The van der Waals surface area contributed by atoms with Gasteiger partial charge in [0.25, 0.3) is 5.91 Å². The van der Waals surface area contributed by atoms with Gasteiger partial charge in [0.15, 0.2) is 0 Å². The molecule has 138 valence electrons. The molecular weight excluding hydrogens is 371 g/mol. The number of carbonyl (C=O) groups excluding carboxylic acids is 1. The number of nitrogens with one attached hydrogen (secondary N) is 2. The van der Waals surface area contributed by atoms with Crippen molar-refractivity contribution < 1.29 is 13.9 Å². The van der Waals surface area contributed by atoms with E-state index in [1.807, 2.05) is 25.1 Å². The van der Waals surface area contributed by atoms with Crippen molar-refractivity contribution in [3.8, 4) is 5.75 Å². The minimum atomic E-state index is -0.556. The summed E-state index contributed by atoms with van der Waals surface area (Å²) in [5, 5.41) is 5.59. The topological polar surface area (TPSA) is 76.1 Å². The summed E-state index contributed by atoms with van der Waals surface area (Å²) >= 11 is 5.71. The Morgan fingerprint density at radius 1 is 1.15 bits per heavy atom. The number of methoxy groups -OCH3 is 1. The Labute approximate surface area is 160 Å². The molecule has 0 aliphatic rings. The number of hydrogen-bond acceptors (Lipinski definition) is 5. The van der Waals surface area contributed by atoms with Crippen LogP contribution in [-0.2, 0) is 0 Å². The molecule has 0 saturated heterocycles. The van der Waals surface area contributed by atoms with Gasteiger partial charge >= 0.3 is 0 Å². The number of aryl methyl sites for hydroxylation is 1. The van der Waals surface area contributed by atoms with Gasteiger partial charge in [0.05, 0.1) is 23.4 Å². The number of hydrogen-bond donors (Lipinski definition) is 2. The molecule has 1 amide bonds. The lowest BCUT2D eigenvalue weighted by Crippen LogP contribution is -2.13. The Bertz CT molecular complexity index is 980. The van der Waals surface area contributed by atoms with Crippen molar-refractivity contribution in [2.75, 3.05) is 17.7 Å². The van der Waals surface area contributed by atoms with Crippen molar-refractivity contribution in [1.82, 2.24) is 9.97 Å². The predicted octanol–water partition coefficient (Wildman–Crippen LogP) is 4.58. The first-order chi connectivity index (χ1) is 13.0. The average molecular weight is 387 g/mol. The van der Waals surface area contributed by atoms with Crippen LogP contribution in [0.2, 0.25) is 5.02 Å². The molecule has 0 unspecified atom stereocenters. The molecule has 6 nitrogen and oxygen atoms in total. The molecule has 3 rings (SSSR count). The normalized spacial score (nSPS) is 10.4. The Kier molecular flexibility index (Phi) is 5.52. The van der Waals surface area contributed by atoms with Crippen LogP contribution in [0.4, 0.5) is 21.7 Å². The molecule has 0 aliphatic carbocycles. The van der Waals surface area contributed by atoms with Gasteiger partial charge in [-0.3, -0.25) is 4.79 Å². The van der Waals surface area contributed by atoms with Gasteiger partial charge in [0.2, 0.25) is 5.95 Å². The summed E-state index contributed by atoms with van der Waals surface area (Å²) < 4.78 is 18.5. The summed E-state index contributed by atoms with van der Waals surface area (Å²) in [6, 6.07) is 9.60. The summed E-state index contributed by atoms with van der Waals surface area (Å²) in [4.78, 5) is 20.6. The molecule has 3 aromatic rings. The molecule has 0 aliphatic heterocycles. The van der Waals surface area contributed by atoms with Crippen molar-refractivity contribution in [1.29, 1.82) is 0 Å². The zero-order valence-electron chi connectivity index (χ0n) is 14.6. The van der Waals surface area contributed by atoms with Crippen LogP contribution in [0.1, 0.15) is 15.9 Å². The van der Waals surface area contributed by atoms with E-state index in [4.69, 9.17) is 16.3 Å². The lowest BCUT2D eigenvalue weighted by Gasteiger charge is -2.11. The van der Waals surface area contributed by atoms with Gasteiger partial charge in [-0.15, -0.1) is 0 Å². The van der Waals surface area contributed by atoms with Crippen molar-refractivity contribution in [2.24, 2.45) is 0 Å². The maximum Gasteiger partial charge on any atom is 0.258 e. The number of benzene rings is 2. The van der Waals surface area contributed by atoms with E-state index >= 15 is 0 Å². The smallest absolute Gasteiger partial charge is 0.258 e. The van der Waals surface area contributed by atoms with Crippen LogP contribution in [-0.4, -0.2) is 23.0 Å². The van der Waals surface area contributed by atoms with E-state index in [1.165, 1.54) is 30.6 Å². The highest BCUT2D eigenvalue weighted by Crippen LogP contribution is 2.27. The second kappa shape index (κ2) is 8.01. The van der Waals surface area contributed by atoms with E-state index in [1.54, 1.807) is 7.11 Å². The molecule has 0 bridgehead atoms. The Hall–Kier alpha value is -3.19. The summed E-state index contributed by atoms with van der Waals surface area (Å²) in [6.45, 7) is 1.96. The van der Waals surface area contributed by atoms with Crippen LogP contribution in [0, 0.1) is 12.7 Å². The largest absolute Gasteiger partial charge is 0.495 e. The molecule has 8 heteroatoms. The molecule has 27 heavy (non-hydrogen) atoms. The molecule has 0 radical (unpaired) electrons. The fourth-order valence-electron chi connectivity index (χ4n) is 2.33. The first-order valence-electron chi connectivity index (χ1n) is 7.96. The van der Waals surface area contributed by atoms with Crippen molar-refractivity contribution in [2.45, 2.75) is 6.92 Å². The highest BCUT2D eigenvalue weighted by atomic mass is 35.5. The average Bonchev–Trinajstić information content (AvgIpc) is 2.65. The fourth-order valence-corrected chi connectivity index (χ4v) is 2.51. The van der Waals surface area contributed by atoms with Crippen LogP contribution < -0.4 is 15.4 Å². The van der Waals surface area contributed by atoms with Crippen LogP contribution in [0.25, 0.3) is 0 Å². The van der Waals surface area contributed by atoms with Gasteiger partial charge in [-0.25, -0.2) is 14.4 Å². The monoisotopic (exact) mass is 386 g/mol. The van der Waals surface area contributed by atoms with Crippen LogP contribution >= 0.6 is 11.6 Å². The Morgan fingerprint density at radius 3 is 2.56 bits per heavy atom. The summed E-state index contributed by atoms with van der Waals surface area (Å²) in [6.07, 6.45) is 2.77. The number of halogens is 2. The molecule has 0 saturated carbocycles. The third-order valence-corrected chi connectivity index (χ3v) is 3.98. The van der Waals surface area contributed by atoms with Crippen LogP contribution in [0.5, 0.6) is 5.75 Å². The highest BCUT2D eigenvalue weighted by Gasteiger charge is 2.10. The third kappa shape index (κ3) is 4.51. The molecular formula is C19H16ClFN4O2. The molecule has 0 atom stereocenters. The minimum absolute atomic E-state index is 0.0734. The first kappa shape index (κ1) is 18.6. The maximum atomic E-state index is 13.2. The molecule has 1 heterocycles. The van der Waals surface area contributed by atoms with Crippen molar-refractivity contribution >= 4 is 34.8 Å². The van der Waals surface area contributed by atoms with Gasteiger partial charge < -0.3 is 15.4 Å². The van der Waals surface area contributed by atoms with E-state index in [0.29, 0.717) is 17.4 Å². The first-order valence-corrected chi connectivity index (χ1v) is 8.34. The van der Waals surface area contributed by atoms with Gasteiger partial charge in [-0.1, -0.05) is 17.7 Å². The number of aromatic nitrogens is 2. The van der Waals surface area contributed by atoms with Gasteiger partial charge in [0.1, 0.15) is 11.6 Å². The predicted molar refractivity (Wildman–Crippen MR) is 102 cm³/mol. The van der Waals surface area contributed by atoms with E-state index in [-0.39, 0.29) is 10.6 Å². The quantitative estimate of drug-likeness (QED) is 0.671. The molecule has 0 fully saturated rings. The zero-order chi connectivity index (χ0) is 19.4. The number of rotatable bonds is 5. The van der Waals surface area contributed by atoms with Gasteiger partial charge in [-0.05, 0) is 42.8 Å². The van der Waals surface area contributed by atoms with E-state index < -0.39 is 11.7 Å². The maximum absolute atomic E-state index is 13.2. The van der Waals surface area contributed by atoms with Crippen molar-refractivity contribution in [3.05, 3.63) is 70.8 Å². The lowest BCUT2D eigenvalue weighted by atomic mass is 10.2. The summed E-state index contributed by atoms with van der Waals surface area (Å²) in [5.74, 6) is -0.0168. The summed E-state index contributed by atoms with van der Waals surface area (Å²) in [5.41, 5.74) is 2.39. The van der Waals surface area contributed by atoms with E-state index in [0.717, 1.165) is 11.3 Å². The zero-order valence-corrected chi connectivity index (χ0v) is 15.3. The third-order valence-electron chi connectivity index (χ3n) is 3.69.